The van der Waals surface area contributed by atoms with Crippen LogP contribution in [0.1, 0.15) is 77.2 Å². The van der Waals surface area contributed by atoms with Gasteiger partial charge in [-0.05, 0) is 99.1 Å². The van der Waals surface area contributed by atoms with Gasteiger partial charge in [0.15, 0.2) is 5.78 Å². The van der Waals surface area contributed by atoms with Gasteiger partial charge in [-0.25, -0.2) is 0 Å². The first-order chi connectivity index (χ1) is 16.3. The van der Waals surface area contributed by atoms with Crippen LogP contribution in [0.4, 0.5) is 0 Å². The molecule has 4 heteroatoms. The average molecular weight is 463 g/mol. The molecule has 0 amide bonds. The highest BCUT2D eigenvalue weighted by atomic mass is 16.5. The number of allylic oxidation sites excluding steroid dienone is 4. The fourth-order valence-electron chi connectivity index (χ4n) is 7.57. The third kappa shape index (κ3) is 3.79. The SMILES string of the molecule is CC(C)Oc1ccc([C@H]2C[C@@]3(C)[C@@H](CC[C@@]3(O)C=CCO)[C@@H]3CCC4=CC(=O)CCC4=C32)cc1. The number of carbonyl (C=O) groups is 1. The zero-order valence-electron chi connectivity index (χ0n) is 20.7. The van der Waals surface area contributed by atoms with Crippen molar-refractivity contribution >= 4 is 5.78 Å². The molecule has 0 aliphatic heterocycles. The number of carbonyl (C=O) groups excluding carboxylic acids is 1. The van der Waals surface area contributed by atoms with Crippen LogP contribution in [-0.2, 0) is 4.79 Å². The molecule has 1 aromatic carbocycles. The third-order valence-corrected chi connectivity index (χ3v) is 9.10. The van der Waals surface area contributed by atoms with E-state index in [-0.39, 0.29) is 29.8 Å². The Bertz CT molecular complexity index is 1050. The Kier molecular flexibility index (Phi) is 6.10. The minimum atomic E-state index is -0.909. The van der Waals surface area contributed by atoms with E-state index >= 15 is 0 Å². The summed E-state index contributed by atoms with van der Waals surface area (Å²) in [5, 5.41) is 21.3. The third-order valence-electron chi connectivity index (χ3n) is 9.10. The van der Waals surface area contributed by atoms with Crippen LogP contribution in [0, 0.1) is 17.3 Å². The van der Waals surface area contributed by atoms with E-state index in [9.17, 15) is 15.0 Å². The minimum Gasteiger partial charge on any atom is -0.491 e. The summed E-state index contributed by atoms with van der Waals surface area (Å²) in [5.74, 6) is 2.17. The van der Waals surface area contributed by atoms with Crippen molar-refractivity contribution < 1.29 is 19.7 Å². The number of benzene rings is 1. The minimum absolute atomic E-state index is 0.0509. The lowest BCUT2D eigenvalue weighted by Gasteiger charge is -2.54. The summed E-state index contributed by atoms with van der Waals surface area (Å²) in [6, 6.07) is 8.53. The molecule has 2 saturated carbocycles. The second-order valence-corrected chi connectivity index (χ2v) is 11.3. The van der Waals surface area contributed by atoms with Crippen molar-refractivity contribution in [2.24, 2.45) is 17.3 Å². The lowest BCUT2D eigenvalue weighted by atomic mass is 9.51. The highest BCUT2D eigenvalue weighted by Gasteiger charge is 2.61. The summed E-state index contributed by atoms with van der Waals surface area (Å²) in [6.45, 7) is 6.29. The molecule has 182 valence electrons. The van der Waals surface area contributed by atoms with Crippen molar-refractivity contribution in [2.45, 2.75) is 83.3 Å². The normalized spacial score (nSPS) is 35.3. The first-order valence-electron chi connectivity index (χ1n) is 13.0. The van der Waals surface area contributed by atoms with Gasteiger partial charge in [0.1, 0.15) is 5.75 Å². The van der Waals surface area contributed by atoms with Crippen LogP contribution < -0.4 is 4.74 Å². The van der Waals surface area contributed by atoms with Crippen LogP contribution in [0.2, 0.25) is 0 Å². The van der Waals surface area contributed by atoms with Crippen LogP contribution in [0.3, 0.4) is 0 Å². The van der Waals surface area contributed by atoms with Crippen molar-refractivity contribution in [3.63, 3.8) is 0 Å². The van der Waals surface area contributed by atoms with Gasteiger partial charge in [-0.2, -0.15) is 0 Å². The number of hydrogen-bond donors (Lipinski definition) is 2. The quantitative estimate of drug-likeness (QED) is 0.555. The smallest absolute Gasteiger partial charge is 0.156 e. The summed E-state index contributed by atoms with van der Waals surface area (Å²) in [4.78, 5) is 12.2. The summed E-state index contributed by atoms with van der Waals surface area (Å²) in [5.41, 5.74) is 4.30. The molecule has 0 unspecified atom stereocenters. The Labute approximate surface area is 203 Å². The van der Waals surface area contributed by atoms with Crippen molar-refractivity contribution in [2.75, 3.05) is 6.61 Å². The van der Waals surface area contributed by atoms with E-state index in [0.717, 1.165) is 44.3 Å². The molecule has 0 bridgehead atoms. The molecule has 2 fully saturated rings. The molecule has 5 atom stereocenters. The number of aliphatic hydroxyl groups excluding tert-OH is 1. The lowest BCUT2D eigenvalue weighted by molar-refractivity contribution is -0.114. The Morgan fingerprint density at radius 2 is 1.91 bits per heavy atom. The van der Waals surface area contributed by atoms with Crippen molar-refractivity contribution in [1.82, 2.24) is 0 Å². The Morgan fingerprint density at radius 3 is 2.62 bits per heavy atom. The van der Waals surface area contributed by atoms with Gasteiger partial charge in [-0.15, -0.1) is 0 Å². The highest BCUT2D eigenvalue weighted by molar-refractivity contribution is 5.93. The molecule has 0 heterocycles. The average Bonchev–Trinajstić information content (AvgIpc) is 3.07. The molecule has 4 nitrogen and oxygen atoms in total. The number of ketones is 1. The fraction of sp³-hybridized carbons (Fsp3) is 0.567. The van der Waals surface area contributed by atoms with Gasteiger partial charge in [-0.3, -0.25) is 4.79 Å². The zero-order chi connectivity index (χ0) is 24.1. The van der Waals surface area contributed by atoms with Crippen molar-refractivity contribution in [3.05, 3.63) is 64.8 Å². The van der Waals surface area contributed by atoms with Gasteiger partial charge in [0.05, 0.1) is 18.3 Å². The van der Waals surface area contributed by atoms with Gasteiger partial charge in [0.25, 0.3) is 0 Å². The summed E-state index contributed by atoms with van der Waals surface area (Å²) < 4.78 is 5.90. The predicted octanol–water partition coefficient (Wildman–Crippen LogP) is 5.65. The van der Waals surface area contributed by atoms with E-state index in [1.165, 1.54) is 22.3 Å². The standard InChI is InChI=1S/C30H38O4/c1-19(2)34-23-9-5-20(6-10-23)26-18-29(3)27(13-15-30(29,33)14-4-16-31)25-11-7-21-17-22(32)8-12-24(21)28(25)26/h4-6,9-10,14,17,19,25-27,31,33H,7-8,11-13,15-16,18H2,1-3H3/t25-,26+,27-,29-,30-/m0/s1. The molecule has 0 spiro atoms. The monoisotopic (exact) mass is 462 g/mol. The topological polar surface area (TPSA) is 66.8 Å². The zero-order valence-corrected chi connectivity index (χ0v) is 20.7. The Balaban J connectivity index is 1.62. The van der Waals surface area contributed by atoms with E-state index < -0.39 is 5.60 Å². The van der Waals surface area contributed by atoms with Gasteiger partial charge in [-0.1, -0.05) is 36.8 Å². The molecule has 4 aliphatic carbocycles. The van der Waals surface area contributed by atoms with Gasteiger partial charge < -0.3 is 14.9 Å². The number of hydrogen-bond acceptors (Lipinski definition) is 4. The number of fused-ring (bicyclic) bond motifs is 4. The molecular weight excluding hydrogens is 424 g/mol. The van der Waals surface area contributed by atoms with Crippen LogP contribution >= 0.6 is 0 Å². The molecular formula is C30H38O4. The molecule has 34 heavy (non-hydrogen) atoms. The first-order valence-corrected chi connectivity index (χ1v) is 13.0. The van der Waals surface area contributed by atoms with E-state index in [1.54, 1.807) is 6.08 Å². The maximum Gasteiger partial charge on any atom is 0.156 e. The van der Waals surface area contributed by atoms with Gasteiger partial charge in [0.2, 0.25) is 0 Å². The van der Waals surface area contributed by atoms with E-state index in [2.05, 4.69) is 31.2 Å². The molecule has 0 saturated heterocycles. The molecule has 4 aliphatic rings. The van der Waals surface area contributed by atoms with Crippen molar-refractivity contribution in [1.29, 1.82) is 0 Å². The summed E-state index contributed by atoms with van der Waals surface area (Å²) in [6.07, 6.45) is 11.7. The maximum absolute atomic E-state index is 12.2. The van der Waals surface area contributed by atoms with Crippen molar-refractivity contribution in [3.8, 4) is 5.75 Å². The Hall–Kier alpha value is -2.17. The van der Waals surface area contributed by atoms with Crippen LogP contribution in [0.5, 0.6) is 5.75 Å². The number of rotatable bonds is 5. The molecule has 2 N–H and O–H groups in total. The second kappa shape index (κ2) is 8.80. The largest absolute Gasteiger partial charge is 0.491 e. The fourth-order valence-corrected chi connectivity index (χ4v) is 7.57. The van der Waals surface area contributed by atoms with E-state index in [1.807, 2.05) is 26.0 Å². The number of ether oxygens (including phenoxy) is 1. The summed E-state index contributed by atoms with van der Waals surface area (Å²) >= 11 is 0. The van der Waals surface area contributed by atoms with E-state index in [4.69, 9.17) is 4.74 Å². The molecule has 0 radical (unpaired) electrons. The lowest BCUT2D eigenvalue weighted by Crippen LogP contribution is -2.50. The molecule has 0 aromatic heterocycles. The second-order valence-electron chi connectivity index (χ2n) is 11.3. The van der Waals surface area contributed by atoms with E-state index in [0.29, 0.717) is 18.3 Å². The Morgan fingerprint density at radius 1 is 1.15 bits per heavy atom. The highest BCUT2D eigenvalue weighted by Crippen LogP contribution is 2.67. The molecule has 1 aromatic rings. The van der Waals surface area contributed by atoms with Crippen LogP contribution in [-0.4, -0.2) is 34.3 Å². The predicted molar refractivity (Wildman–Crippen MR) is 134 cm³/mol. The van der Waals surface area contributed by atoms with Gasteiger partial charge in [0, 0.05) is 17.8 Å². The van der Waals surface area contributed by atoms with Gasteiger partial charge >= 0.3 is 0 Å². The number of aliphatic hydroxyl groups is 2. The first kappa shape index (κ1) is 23.6. The van der Waals surface area contributed by atoms with Crippen LogP contribution in [0.25, 0.3) is 0 Å². The maximum atomic E-state index is 12.2. The van der Waals surface area contributed by atoms with Crippen LogP contribution in [0.15, 0.2) is 59.2 Å². The summed E-state index contributed by atoms with van der Waals surface area (Å²) in [7, 11) is 0. The molecule has 5 rings (SSSR count).